The Labute approximate surface area is 147 Å². The summed E-state index contributed by atoms with van der Waals surface area (Å²) >= 11 is 3.27. The summed E-state index contributed by atoms with van der Waals surface area (Å²) in [5, 5.41) is 7.13. The van der Waals surface area contributed by atoms with Crippen LogP contribution in [0, 0.1) is 0 Å². The van der Waals surface area contributed by atoms with Crippen molar-refractivity contribution in [1.82, 2.24) is 14.8 Å². The summed E-state index contributed by atoms with van der Waals surface area (Å²) in [4.78, 5) is 28.3. The van der Waals surface area contributed by atoms with Crippen LogP contribution in [0.3, 0.4) is 0 Å². The number of hydrogen-bond acceptors (Lipinski definition) is 6. The van der Waals surface area contributed by atoms with E-state index < -0.39 is 0 Å². The van der Waals surface area contributed by atoms with Gasteiger partial charge in [0, 0.05) is 13.0 Å². The highest BCUT2D eigenvalue weighted by Crippen LogP contribution is 2.40. The maximum atomic E-state index is 11.9. The third-order valence-electron chi connectivity index (χ3n) is 3.89. The van der Waals surface area contributed by atoms with Gasteiger partial charge in [0.2, 0.25) is 0 Å². The van der Waals surface area contributed by atoms with Gasteiger partial charge in [-0.2, -0.15) is 5.10 Å². The molecule has 1 aliphatic carbocycles. The number of carbonyl (C=O) groups excluding carboxylic acids is 1. The van der Waals surface area contributed by atoms with E-state index >= 15 is 0 Å². The molecule has 0 aromatic carbocycles. The first-order valence-electron chi connectivity index (χ1n) is 7.55. The average molecular weight is 393 g/mol. The third-order valence-corrected chi connectivity index (χ3v) is 4.66. The van der Waals surface area contributed by atoms with Crippen LogP contribution in [0.1, 0.15) is 40.5 Å². The Morgan fingerprint density at radius 1 is 1.46 bits per heavy atom. The number of methoxy groups -OCH3 is 1. The quantitative estimate of drug-likeness (QED) is 0.784. The van der Waals surface area contributed by atoms with Crippen LogP contribution in [-0.4, -0.2) is 27.8 Å². The van der Waals surface area contributed by atoms with Crippen molar-refractivity contribution in [2.45, 2.75) is 25.3 Å². The summed E-state index contributed by atoms with van der Waals surface area (Å²) in [6.07, 6.45) is 3.66. The molecule has 0 saturated heterocycles. The zero-order chi connectivity index (χ0) is 17.3. The van der Waals surface area contributed by atoms with Crippen molar-refractivity contribution in [2.75, 3.05) is 12.4 Å². The van der Waals surface area contributed by atoms with E-state index in [-0.39, 0.29) is 11.5 Å². The average Bonchev–Trinajstić information content (AvgIpc) is 3.43. The van der Waals surface area contributed by atoms with Gasteiger partial charge in [0.05, 0.1) is 42.5 Å². The molecular formula is C16H17BrN4O3. The molecule has 1 aliphatic rings. The molecule has 0 radical (unpaired) electrons. The van der Waals surface area contributed by atoms with Gasteiger partial charge in [0.1, 0.15) is 4.47 Å². The number of esters is 1. The van der Waals surface area contributed by atoms with Crippen LogP contribution < -0.4 is 10.9 Å². The molecule has 1 fully saturated rings. The maximum absolute atomic E-state index is 11.9. The fraction of sp³-hybridized carbons (Fsp3) is 0.375. The lowest BCUT2D eigenvalue weighted by Crippen LogP contribution is -2.21. The largest absolute Gasteiger partial charge is 0.465 e. The molecule has 0 aliphatic heterocycles. The fourth-order valence-corrected chi connectivity index (χ4v) is 2.89. The van der Waals surface area contributed by atoms with Gasteiger partial charge in [-0.25, -0.2) is 9.48 Å². The van der Waals surface area contributed by atoms with Gasteiger partial charge in [-0.1, -0.05) is 0 Å². The van der Waals surface area contributed by atoms with Gasteiger partial charge in [-0.05, 0) is 40.9 Å². The van der Waals surface area contributed by atoms with Gasteiger partial charge in [0.15, 0.2) is 0 Å². The van der Waals surface area contributed by atoms with E-state index in [1.165, 1.54) is 11.8 Å². The van der Waals surface area contributed by atoms with Gasteiger partial charge in [0.25, 0.3) is 5.56 Å². The summed E-state index contributed by atoms with van der Waals surface area (Å²) in [5.41, 5.74) is 2.50. The lowest BCUT2D eigenvalue weighted by atomic mass is 10.1. The molecule has 0 unspecified atom stereocenters. The molecule has 1 saturated carbocycles. The van der Waals surface area contributed by atoms with Crippen molar-refractivity contribution in [3.8, 4) is 0 Å². The highest BCUT2D eigenvalue weighted by Gasteiger charge is 2.30. The maximum Gasteiger partial charge on any atom is 0.339 e. The van der Waals surface area contributed by atoms with Crippen molar-refractivity contribution in [1.29, 1.82) is 0 Å². The Bertz CT molecular complexity index is 846. The zero-order valence-electron chi connectivity index (χ0n) is 13.4. The summed E-state index contributed by atoms with van der Waals surface area (Å²) in [6, 6.07) is 3.54. The minimum atomic E-state index is -0.359. The first kappa shape index (κ1) is 16.6. The minimum absolute atomic E-state index is 0.215. The molecule has 1 N–H and O–H groups in total. The number of nitrogens with one attached hydrogen (secondary N) is 1. The number of aromatic nitrogens is 3. The molecule has 0 bridgehead atoms. The number of anilines is 1. The zero-order valence-corrected chi connectivity index (χ0v) is 15.0. The standard InChI is InChI=1S/C16H17BrN4O3/c1-21-15(22)13(17)12(8-19-21)18-7-10-5-6-11(16(23)24-2)14(20-10)9-3-4-9/h5-6,8-9,18H,3-4,7H2,1-2H3. The predicted molar refractivity (Wildman–Crippen MR) is 92.1 cm³/mol. The highest BCUT2D eigenvalue weighted by atomic mass is 79.9. The highest BCUT2D eigenvalue weighted by molar-refractivity contribution is 9.10. The summed E-state index contributed by atoms with van der Waals surface area (Å²) < 4.78 is 6.50. The Balaban J connectivity index is 1.81. The molecule has 7 nitrogen and oxygen atoms in total. The number of aryl methyl sites for hydroxylation is 1. The number of ether oxygens (including phenoxy) is 1. The fourth-order valence-electron chi connectivity index (χ4n) is 2.39. The Morgan fingerprint density at radius 2 is 2.21 bits per heavy atom. The molecule has 0 atom stereocenters. The molecule has 2 aromatic heterocycles. The smallest absolute Gasteiger partial charge is 0.339 e. The normalized spacial score (nSPS) is 13.6. The summed E-state index contributed by atoms with van der Waals surface area (Å²) in [7, 11) is 2.96. The van der Waals surface area contributed by atoms with Crippen LogP contribution in [0.25, 0.3) is 0 Å². The molecule has 2 heterocycles. The van der Waals surface area contributed by atoms with Gasteiger partial charge in [-0.15, -0.1) is 0 Å². The lowest BCUT2D eigenvalue weighted by molar-refractivity contribution is 0.0598. The first-order chi connectivity index (χ1) is 11.5. The van der Waals surface area contributed by atoms with Crippen LogP contribution in [0.5, 0.6) is 0 Å². The number of rotatable bonds is 5. The van der Waals surface area contributed by atoms with Crippen molar-refractivity contribution < 1.29 is 9.53 Å². The molecule has 24 heavy (non-hydrogen) atoms. The van der Waals surface area contributed by atoms with Crippen molar-refractivity contribution in [3.05, 3.63) is 50.1 Å². The number of nitrogens with zero attached hydrogens (tertiary/aromatic N) is 3. The van der Waals surface area contributed by atoms with Crippen molar-refractivity contribution >= 4 is 27.6 Å². The van der Waals surface area contributed by atoms with Gasteiger partial charge >= 0.3 is 5.97 Å². The van der Waals surface area contributed by atoms with E-state index in [9.17, 15) is 9.59 Å². The molecule has 2 aromatic rings. The molecule has 8 heteroatoms. The number of halogens is 1. The van der Waals surface area contributed by atoms with E-state index in [1.54, 1.807) is 25.4 Å². The molecule has 3 rings (SSSR count). The minimum Gasteiger partial charge on any atom is -0.465 e. The van der Waals surface area contributed by atoms with Crippen LogP contribution in [0.4, 0.5) is 5.69 Å². The van der Waals surface area contributed by atoms with E-state index in [0.29, 0.717) is 28.2 Å². The number of pyridine rings is 1. The van der Waals surface area contributed by atoms with Gasteiger partial charge in [-0.3, -0.25) is 9.78 Å². The van der Waals surface area contributed by atoms with Crippen LogP contribution in [-0.2, 0) is 18.3 Å². The number of carbonyl (C=O) groups is 1. The second-order valence-electron chi connectivity index (χ2n) is 5.66. The second kappa shape index (κ2) is 6.72. The van der Waals surface area contributed by atoms with Crippen LogP contribution >= 0.6 is 15.9 Å². The van der Waals surface area contributed by atoms with Crippen LogP contribution in [0.15, 0.2) is 27.6 Å². The number of hydrogen-bond donors (Lipinski definition) is 1. The second-order valence-corrected chi connectivity index (χ2v) is 6.45. The summed E-state index contributed by atoms with van der Waals surface area (Å²) in [5.74, 6) is -0.0288. The van der Waals surface area contributed by atoms with E-state index in [4.69, 9.17) is 4.74 Å². The topological polar surface area (TPSA) is 86.1 Å². The Hall–Kier alpha value is -2.22. The van der Waals surface area contributed by atoms with Gasteiger partial charge < -0.3 is 10.1 Å². The molecule has 0 spiro atoms. The molecular weight excluding hydrogens is 376 g/mol. The Kier molecular flexibility index (Phi) is 4.66. The van der Waals surface area contributed by atoms with E-state index in [1.807, 2.05) is 0 Å². The summed E-state index contributed by atoms with van der Waals surface area (Å²) in [6.45, 7) is 0.425. The van der Waals surface area contributed by atoms with Crippen LogP contribution in [0.2, 0.25) is 0 Å². The first-order valence-corrected chi connectivity index (χ1v) is 8.34. The molecule has 126 valence electrons. The predicted octanol–water partition coefficient (Wildman–Crippen LogP) is 2.21. The lowest BCUT2D eigenvalue weighted by Gasteiger charge is -2.11. The molecule has 0 amide bonds. The third kappa shape index (κ3) is 3.33. The van der Waals surface area contributed by atoms with E-state index in [2.05, 4.69) is 31.3 Å². The van der Waals surface area contributed by atoms with Crippen molar-refractivity contribution in [3.63, 3.8) is 0 Å². The SMILES string of the molecule is COC(=O)c1ccc(CNc2cnn(C)c(=O)c2Br)nc1C1CC1. The Morgan fingerprint density at radius 3 is 2.88 bits per heavy atom. The van der Waals surface area contributed by atoms with E-state index in [0.717, 1.165) is 24.2 Å². The van der Waals surface area contributed by atoms with Crippen molar-refractivity contribution in [2.24, 2.45) is 7.05 Å². The monoisotopic (exact) mass is 392 g/mol.